The first-order valence-corrected chi connectivity index (χ1v) is 5.34. The van der Waals surface area contributed by atoms with Crippen LogP contribution in [0.15, 0.2) is 12.2 Å². The van der Waals surface area contributed by atoms with Crippen molar-refractivity contribution in [2.75, 3.05) is 13.6 Å². The molecule has 0 fully saturated rings. The SMILES string of the molecule is CN(CC(N)=O)C(=O)[C@@H]1CC=CC[C@@H]1C(=O)O. The molecule has 6 nitrogen and oxygen atoms in total. The molecule has 2 amide bonds. The topological polar surface area (TPSA) is 101 Å². The minimum absolute atomic E-state index is 0.189. The number of amides is 2. The molecule has 0 aromatic carbocycles. The maximum absolute atomic E-state index is 12.0. The second kappa shape index (κ2) is 5.47. The number of rotatable bonds is 4. The van der Waals surface area contributed by atoms with Crippen LogP contribution in [-0.4, -0.2) is 41.4 Å². The largest absolute Gasteiger partial charge is 0.481 e. The van der Waals surface area contributed by atoms with Gasteiger partial charge in [0.2, 0.25) is 11.8 Å². The van der Waals surface area contributed by atoms with Crippen LogP contribution in [0.25, 0.3) is 0 Å². The van der Waals surface area contributed by atoms with Gasteiger partial charge >= 0.3 is 5.97 Å². The van der Waals surface area contributed by atoms with Crippen molar-refractivity contribution in [1.82, 2.24) is 4.90 Å². The van der Waals surface area contributed by atoms with Gasteiger partial charge in [0, 0.05) is 7.05 Å². The van der Waals surface area contributed by atoms with Crippen LogP contribution in [0.3, 0.4) is 0 Å². The lowest BCUT2D eigenvalue weighted by molar-refractivity contribution is -0.150. The van der Waals surface area contributed by atoms with Gasteiger partial charge in [-0.05, 0) is 12.8 Å². The number of carbonyl (C=O) groups is 3. The number of carboxylic acids is 1. The highest BCUT2D eigenvalue weighted by Gasteiger charge is 2.35. The maximum Gasteiger partial charge on any atom is 0.307 e. The molecule has 3 N–H and O–H groups in total. The fraction of sp³-hybridized carbons (Fsp3) is 0.545. The summed E-state index contributed by atoms with van der Waals surface area (Å²) in [6.07, 6.45) is 4.28. The lowest BCUT2D eigenvalue weighted by atomic mass is 9.82. The number of allylic oxidation sites excluding steroid dienone is 2. The zero-order chi connectivity index (χ0) is 13.0. The van der Waals surface area contributed by atoms with E-state index in [2.05, 4.69) is 0 Å². The van der Waals surface area contributed by atoms with E-state index in [4.69, 9.17) is 10.8 Å². The van der Waals surface area contributed by atoms with E-state index in [1.165, 1.54) is 11.9 Å². The summed E-state index contributed by atoms with van der Waals surface area (Å²) in [6, 6.07) is 0. The molecule has 0 aliphatic heterocycles. The molecule has 2 atom stereocenters. The average Bonchev–Trinajstić information content (AvgIpc) is 2.27. The van der Waals surface area contributed by atoms with Gasteiger partial charge in [0.1, 0.15) is 0 Å². The van der Waals surface area contributed by atoms with Gasteiger partial charge < -0.3 is 15.7 Å². The highest BCUT2D eigenvalue weighted by molar-refractivity contribution is 5.88. The summed E-state index contributed by atoms with van der Waals surface area (Å²) in [5, 5.41) is 9.02. The fourth-order valence-corrected chi connectivity index (χ4v) is 1.95. The van der Waals surface area contributed by atoms with Crippen molar-refractivity contribution < 1.29 is 19.5 Å². The molecular formula is C11H16N2O4. The third kappa shape index (κ3) is 3.30. The molecule has 17 heavy (non-hydrogen) atoms. The first-order chi connectivity index (χ1) is 7.93. The smallest absolute Gasteiger partial charge is 0.307 e. The van der Waals surface area contributed by atoms with Crippen LogP contribution in [0.4, 0.5) is 0 Å². The first kappa shape index (κ1) is 13.2. The number of nitrogens with two attached hydrogens (primary N) is 1. The van der Waals surface area contributed by atoms with Crippen molar-refractivity contribution in [3.8, 4) is 0 Å². The molecule has 6 heteroatoms. The van der Waals surface area contributed by atoms with Crippen LogP contribution in [0, 0.1) is 11.8 Å². The van der Waals surface area contributed by atoms with Gasteiger partial charge in [-0.25, -0.2) is 0 Å². The lowest BCUT2D eigenvalue weighted by Gasteiger charge is -2.28. The lowest BCUT2D eigenvalue weighted by Crippen LogP contribution is -2.43. The number of carbonyl (C=O) groups excluding carboxylic acids is 2. The van der Waals surface area contributed by atoms with Gasteiger partial charge in [0.05, 0.1) is 18.4 Å². The zero-order valence-corrected chi connectivity index (χ0v) is 9.63. The molecule has 1 aliphatic rings. The van der Waals surface area contributed by atoms with Crippen molar-refractivity contribution in [3.05, 3.63) is 12.2 Å². The highest BCUT2D eigenvalue weighted by atomic mass is 16.4. The normalized spacial score (nSPS) is 23.1. The zero-order valence-electron chi connectivity index (χ0n) is 9.63. The maximum atomic E-state index is 12.0. The quantitative estimate of drug-likeness (QED) is 0.653. The van der Waals surface area contributed by atoms with Gasteiger partial charge in [-0.15, -0.1) is 0 Å². The van der Waals surface area contributed by atoms with Crippen LogP contribution in [-0.2, 0) is 14.4 Å². The number of hydrogen-bond acceptors (Lipinski definition) is 3. The molecular weight excluding hydrogens is 224 g/mol. The number of likely N-dealkylation sites (N-methyl/N-ethyl adjacent to an activating group) is 1. The molecule has 0 heterocycles. The molecule has 0 aromatic rings. The Hall–Kier alpha value is -1.85. The van der Waals surface area contributed by atoms with Crippen LogP contribution >= 0.6 is 0 Å². The Labute approximate surface area is 99.1 Å². The standard InChI is InChI=1S/C11H16N2O4/c1-13(6-9(12)14)10(15)7-4-2-3-5-8(7)11(16)17/h2-3,7-8H,4-6H2,1H3,(H2,12,14)(H,16,17)/t7-,8+/m1/s1. The third-order valence-electron chi connectivity index (χ3n) is 2.84. The second-order valence-corrected chi connectivity index (χ2v) is 4.15. The third-order valence-corrected chi connectivity index (χ3v) is 2.84. The van der Waals surface area contributed by atoms with Gasteiger partial charge in [0.15, 0.2) is 0 Å². The fourth-order valence-electron chi connectivity index (χ4n) is 1.95. The monoisotopic (exact) mass is 240 g/mol. The van der Waals surface area contributed by atoms with Crippen molar-refractivity contribution in [1.29, 1.82) is 0 Å². The summed E-state index contributed by atoms with van der Waals surface area (Å²) in [4.78, 5) is 34.9. The molecule has 0 bridgehead atoms. The van der Waals surface area contributed by atoms with Crippen molar-refractivity contribution in [2.24, 2.45) is 17.6 Å². The number of nitrogens with zero attached hydrogens (tertiary/aromatic N) is 1. The predicted molar refractivity (Wildman–Crippen MR) is 59.8 cm³/mol. The molecule has 0 aromatic heterocycles. The number of hydrogen-bond donors (Lipinski definition) is 2. The van der Waals surface area contributed by atoms with Crippen LogP contribution in [0.5, 0.6) is 0 Å². The van der Waals surface area contributed by atoms with Gasteiger partial charge in [-0.2, -0.15) is 0 Å². The Morgan fingerprint density at radius 1 is 1.29 bits per heavy atom. The Morgan fingerprint density at radius 2 is 1.82 bits per heavy atom. The van der Waals surface area contributed by atoms with E-state index >= 15 is 0 Å². The van der Waals surface area contributed by atoms with E-state index in [9.17, 15) is 14.4 Å². The summed E-state index contributed by atoms with van der Waals surface area (Å²) < 4.78 is 0. The number of primary amides is 1. The minimum atomic E-state index is -0.986. The van der Waals surface area contributed by atoms with Crippen LogP contribution in [0.2, 0.25) is 0 Å². The Kier molecular flexibility index (Phi) is 4.25. The summed E-state index contributed by atoms with van der Waals surface area (Å²) >= 11 is 0. The minimum Gasteiger partial charge on any atom is -0.481 e. The molecule has 0 spiro atoms. The van der Waals surface area contributed by atoms with Gasteiger partial charge in [0.25, 0.3) is 0 Å². The van der Waals surface area contributed by atoms with E-state index < -0.39 is 23.7 Å². The molecule has 0 saturated carbocycles. The van der Waals surface area contributed by atoms with Crippen LogP contribution < -0.4 is 5.73 Å². The van der Waals surface area contributed by atoms with E-state index in [0.29, 0.717) is 12.8 Å². The molecule has 0 radical (unpaired) electrons. The van der Waals surface area contributed by atoms with Crippen molar-refractivity contribution in [3.63, 3.8) is 0 Å². The van der Waals surface area contributed by atoms with Gasteiger partial charge in [-0.1, -0.05) is 12.2 Å². The predicted octanol–water partition coefficient (Wildman–Crippen LogP) is -0.403. The Balaban J connectivity index is 2.75. The molecule has 1 rings (SSSR count). The molecule has 1 aliphatic carbocycles. The Morgan fingerprint density at radius 3 is 2.29 bits per heavy atom. The second-order valence-electron chi connectivity index (χ2n) is 4.15. The van der Waals surface area contributed by atoms with Crippen molar-refractivity contribution >= 4 is 17.8 Å². The van der Waals surface area contributed by atoms with Crippen molar-refractivity contribution in [2.45, 2.75) is 12.8 Å². The van der Waals surface area contributed by atoms with E-state index in [-0.39, 0.29) is 12.5 Å². The Bertz CT molecular complexity index is 364. The molecule has 0 unspecified atom stereocenters. The molecule has 0 saturated heterocycles. The first-order valence-electron chi connectivity index (χ1n) is 5.34. The summed E-state index contributed by atoms with van der Waals surface area (Å²) in [5.41, 5.74) is 4.99. The average molecular weight is 240 g/mol. The summed E-state index contributed by atoms with van der Waals surface area (Å²) in [7, 11) is 1.45. The van der Waals surface area contributed by atoms with E-state index in [1.54, 1.807) is 12.2 Å². The summed E-state index contributed by atoms with van der Waals surface area (Å²) in [5.74, 6) is -3.27. The van der Waals surface area contributed by atoms with Gasteiger partial charge in [-0.3, -0.25) is 14.4 Å². The molecule has 94 valence electrons. The highest BCUT2D eigenvalue weighted by Crippen LogP contribution is 2.27. The number of carboxylic acid groups (broad SMARTS) is 1. The van der Waals surface area contributed by atoms with Crippen LogP contribution in [0.1, 0.15) is 12.8 Å². The summed E-state index contributed by atoms with van der Waals surface area (Å²) in [6.45, 7) is -0.189. The van der Waals surface area contributed by atoms with E-state index in [1.807, 2.05) is 0 Å². The van der Waals surface area contributed by atoms with E-state index in [0.717, 1.165) is 0 Å². The number of aliphatic carboxylic acids is 1.